The van der Waals surface area contributed by atoms with Crippen LogP contribution in [0.4, 0.5) is 0 Å². The Labute approximate surface area is 122 Å². The number of aromatic nitrogens is 3. The molecule has 18 heavy (non-hydrogen) atoms. The molecule has 0 N–H and O–H groups in total. The predicted molar refractivity (Wildman–Crippen MR) is 73.5 cm³/mol. The fourth-order valence-electron chi connectivity index (χ4n) is 1.50. The van der Waals surface area contributed by atoms with Crippen LogP contribution < -0.4 is 4.74 Å². The van der Waals surface area contributed by atoms with E-state index < -0.39 is 0 Å². The van der Waals surface area contributed by atoms with Crippen LogP contribution in [0.2, 0.25) is 10.6 Å². The first-order valence-corrected chi connectivity index (χ1v) is 6.52. The van der Waals surface area contributed by atoms with E-state index in [1.807, 2.05) is 26.0 Å². The van der Waals surface area contributed by atoms with Crippen molar-refractivity contribution in [2.24, 2.45) is 0 Å². The molecule has 1 aromatic carbocycles. The first-order valence-electron chi connectivity index (χ1n) is 4.97. The summed E-state index contributed by atoms with van der Waals surface area (Å²) in [5.74, 6) is 0.677. The molecule has 1 aromatic heterocycles. The summed E-state index contributed by atoms with van der Waals surface area (Å²) in [6.07, 6.45) is 0. The van der Waals surface area contributed by atoms with Crippen LogP contribution in [0.25, 0.3) is 0 Å². The third kappa shape index (κ3) is 3.10. The van der Waals surface area contributed by atoms with Crippen molar-refractivity contribution in [3.05, 3.63) is 38.3 Å². The van der Waals surface area contributed by atoms with Gasteiger partial charge in [0.25, 0.3) is 0 Å². The van der Waals surface area contributed by atoms with Crippen LogP contribution in [-0.2, 0) is 0 Å². The lowest BCUT2D eigenvalue weighted by Gasteiger charge is -2.10. The molecule has 0 aliphatic carbocycles. The van der Waals surface area contributed by atoms with Gasteiger partial charge in [0.05, 0.1) is 0 Å². The highest BCUT2D eigenvalue weighted by molar-refractivity contribution is 9.10. The van der Waals surface area contributed by atoms with Crippen molar-refractivity contribution in [1.29, 1.82) is 0 Å². The number of hydrogen-bond acceptors (Lipinski definition) is 4. The molecule has 1 heterocycles. The first kappa shape index (κ1) is 13.5. The van der Waals surface area contributed by atoms with Gasteiger partial charge >= 0.3 is 6.01 Å². The molecule has 0 saturated heterocycles. The van der Waals surface area contributed by atoms with E-state index in [1.165, 1.54) is 0 Å². The smallest absolute Gasteiger partial charge is 0.327 e. The molecule has 0 spiro atoms. The lowest BCUT2D eigenvalue weighted by atomic mass is 10.1. The zero-order valence-corrected chi connectivity index (χ0v) is 12.6. The molecule has 0 saturated carbocycles. The van der Waals surface area contributed by atoms with Gasteiger partial charge in [-0.1, -0.05) is 15.9 Å². The lowest BCUT2D eigenvalue weighted by molar-refractivity contribution is 0.433. The van der Waals surface area contributed by atoms with Crippen molar-refractivity contribution in [2.75, 3.05) is 0 Å². The summed E-state index contributed by atoms with van der Waals surface area (Å²) in [7, 11) is 0. The molecule has 94 valence electrons. The molecule has 4 nitrogen and oxygen atoms in total. The van der Waals surface area contributed by atoms with E-state index in [0.29, 0.717) is 5.75 Å². The first-order chi connectivity index (χ1) is 8.45. The predicted octanol–water partition coefficient (Wildman–Crippen LogP) is 4.35. The number of rotatable bonds is 2. The fraction of sp³-hybridized carbons (Fsp3) is 0.182. The quantitative estimate of drug-likeness (QED) is 0.809. The topological polar surface area (TPSA) is 47.9 Å². The average molecular weight is 349 g/mol. The number of halogens is 3. The molecule has 2 aromatic rings. The van der Waals surface area contributed by atoms with Crippen molar-refractivity contribution in [3.8, 4) is 11.8 Å². The summed E-state index contributed by atoms with van der Waals surface area (Å²) in [6, 6.07) is 3.95. The Kier molecular flexibility index (Phi) is 4.04. The Bertz CT molecular complexity index is 564. The van der Waals surface area contributed by atoms with Gasteiger partial charge in [0.15, 0.2) is 0 Å². The van der Waals surface area contributed by atoms with E-state index in [0.717, 1.165) is 15.6 Å². The van der Waals surface area contributed by atoms with Crippen LogP contribution in [0.5, 0.6) is 11.8 Å². The van der Waals surface area contributed by atoms with Gasteiger partial charge < -0.3 is 4.74 Å². The number of hydrogen-bond donors (Lipinski definition) is 0. The molecular weight excluding hydrogens is 341 g/mol. The van der Waals surface area contributed by atoms with E-state index in [4.69, 9.17) is 27.9 Å². The van der Waals surface area contributed by atoms with Gasteiger partial charge in [-0.05, 0) is 60.3 Å². The summed E-state index contributed by atoms with van der Waals surface area (Å²) in [5, 5.41) is -0.00478. The van der Waals surface area contributed by atoms with E-state index in [1.54, 1.807) is 0 Å². The fourth-order valence-corrected chi connectivity index (χ4v) is 2.54. The lowest BCUT2D eigenvalue weighted by Crippen LogP contribution is -1.98. The minimum atomic E-state index is -0.00239. The Morgan fingerprint density at radius 1 is 1.00 bits per heavy atom. The van der Waals surface area contributed by atoms with Crippen molar-refractivity contribution in [3.63, 3.8) is 0 Å². The number of aryl methyl sites for hydroxylation is 2. The van der Waals surface area contributed by atoms with Crippen molar-refractivity contribution >= 4 is 39.1 Å². The third-order valence-corrected chi connectivity index (χ3v) is 2.97. The maximum absolute atomic E-state index is 5.69. The SMILES string of the molecule is Cc1cc(Br)cc(C)c1Oc1nc(Cl)nc(Cl)n1. The van der Waals surface area contributed by atoms with Gasteiger partial charge in [-0.25, -0.2) is 0 Å². The highest BCUT2D eigenvalue weighted by atomic mass is 79.9. The highest BCUT2D eigenvalue weighted by Crippen LogP contribution is 2.30. The number of nitrogens with zero attached hydrogens (tertiary/aromatic N) is 3. The standard InChI is InChI=1S/C11H8BrCl2N3O/c1-5-3-7(12)4-6(2)8(5)18-11-16-9(13)15-10(14)17-11/h3-4H,1-2H3. The van der Waals surface area contributed by atoms with Crippen molar-refractivity contribution < 1.29 is 4.74 Å². The third-order valence-electron chi connectivity index (χ3n) is 2.18. The largest absolute Gasteiger partial charge is 0.424 e. The zero-order valence-electron chi connectivity index (χ0n) is 9.54. The van der Waals surface area contributed by atoms with Crippen LogP contribution in [0, 0.1) is 13.8 Å². The monoisotopic (exact) mass is 347 g/mol. The molecule has 0 fully saturated rings. The molecule has 0 unspecified atom stereocenters. The summed E-state index contributed by atoms with van der Waals surface area (Å²) < 4.78 is 6.59. The van der Waals surface area contributed by atoms with E-state index in [2.05, 4.69) is 30.9 Å². The minimum Gasteiger partial charge on any atom is -0.424 e. The molecular formula is C11H8BrCl2N3O. The molecule has 0 bridgehead atoms. The van der Waals surface area contributed by atoms with Gasteiger partial charge in [0.1, 0.15) is 5.75 Å². The van der Waals surface area contributed by atoms with Crippen LogP contribution in [0.15, 0.2) is 16.6 Å². The van der Waals surface area contributed by atoms with Crippen LogP contribution in [0.1, 0.15) is 11.1 Å². The minimum absolute atomic E-state index is 0.00239. The second-order valence-corrected chi connectivity index (χ2v) is 5.22. The van der Waals surface area contributed by atoms with E-state index >= 15 is 0 Å². The van der Waals surface area contributed by atoms with Gasteiger partial charge in [0.2, 0.25) is 10.6 Å². The van der Waals surface area contributed by atoms with Gasteiger partial charge in [0, 0.05) is 4.47 Å². The van der Waals surface area contributed by atoms with Crippen LogP contribution >= 0.6 is 39.1 Å². The molecule has 0 aliphatic heterocycles. The van der Waals surface area contributed by atoms with Gasteiger partial charge in [-0.2, -0.15) is 15.0 Å². The Balaban J connectivity index is 2.40. The van der Waals surface area contributed by atoms with Crippen molar-refractivity contribution in [1.82, 2.24) is 15.0 Å². The second-order valence-electron chi connectivity index (χ2n) is 3.63. The molecule has 0 aliphatic rings. The molecule has 0 atom stereocenters. The van der Waals surface area contributed by atoms with Crippen LogP contribution in [0.3, 0.4) is 0 Å². The Morgan fingerprint density at radius 2 is 1.50 bits per heavy atom. The normalized spacial score (nSPS) is 10.5. The summed E-state index contributed by atoms with van der Waals surface area (Å²) in [5.41, 5.74) is 1.91. The average Bonchev–Trinajstić information content (AvgIpc) is 2.22. The summed E-state index contributed by atoms with van der Waals surface area (Å²) >= 11 is 14.8. The summed E-state index contributed by atoms with van der Waals surface area (Å²) in [4.78, 5) is 11.4. The van der Waals surface area contributed by atoms with E-state index in [-0.39, 0.29) is 16.6 Å². The second kappa shape index (κ2) is 5.38. The van der Waals surface area contributed by atoms with Gasteiger partial charge in [-0.3, -0.25) is 0 Å². The number of ether oxygens (including phenoxy) is 1. The molecule has 0 radical (unpaired) electrons. The van der Waals surface area contributed by atoms with Crippen molar-refractivity contribution in [2.45, 2.75) is 13.8 Å². The maximum atomic E-state index is 5.69. The highest BCUT2D eigenvalue weighted by Gasteiger charge is 2.10. The van der Waals surface area contributed by atoms with Gasteiger partial charge in [-0.15, -0.1) is 0 Å². The Hall–Kier alpha value is -0.910. The summed E-state index contributed by atoms with van der Waals surface area (Å²) in [6.45, 7) is 3.86. The zero-order chi connectivity index (χ0) is 13.3. The number of benzene rings is 1. The van der Waals surface area contributed by atoms with Crippen LogP contribution in [-0.4, -0.2) is 15.0 Å². The Morgan fingerprint density at radius 3 is 2.00 bits per heavy atom. The molecule has 7 heteroatoms. The van der Waals surface area contributed by atoms with E-state index in [9.17, 15) is 0 Å². The molecule has 2 rings (SSSR count). The maximum Gasteiger partial charge on any atom is 0.327 e. The molecule has 0 amide bonds.